The van der Waals surface area contributed by atoms with Crippen LogP contribution in [0, 0.1) is 12.8 Å². The molecule has 29 heavy (non-hydrogen) atoms. The number of carbonyl (C=O) groups is 2. The van der Waals surface area contributed by atoms with Gasteiger partial charge in [0, 0.05) is 31.8 Å². The van der Waals surface area contributed by atoms with Gasteiger partial charge in [-0.25, -0.2) is 0 Å². The summed E-state index contributed by atoms with van der Waals surface area (Å²) in [5.74, 6) is 0.535. The molecule has 3 heterocycles. The number of furan rings is 1. The highest BCUT2D eigenvalue weighted by atomic mass is 16.5. The Bertz CT molecular complexity index is 1010. The summed E-state index contributed by atoms with van der Waals surface area (Å²) in [4.78, 5) is 27.1. The summed E-state index contributed by atoms with van der Waals surface area (Å²) in [6.45, 7) is 5.83. The highest BCUT2D eigenvalue weighted by Crippen LogP contribution is 2.27. The summed E-state index contributed by atoms with van der Waals surface area (Å²) >= 11 is 0. The Labute approximate surface area is 170 Å². The van der Waals surface area contributed by atoms with Crippen LogP contribution in [0.5, 0.6) is 0 Å². The molecule has 1 aliphatic heterocycles. The lowest BCUT2D eigenvalue weighted by atomic mass is 9.97. The largest absolute Gasteiger partial charge is 0.466 e. The molecule has 6 nitrogen and oxygen atoms in total. The predicted molar refractivity (Wildman–Crippen MR) is 110 cm³/mol. The molecule has 3 aromatic rings. The highest BCUT2D eigenvalue weighted by Gasteiger charge is 2.30. The van der Waals surface area contributed by atoms with Crippen molar-refractivity contribution in [1.82, 2.24) is 9.47 Å². The smallest absolute Gasteiger partial charge is 0.309 e. The zero-order chi connectivity index (χ0) is 20.4. The molecule has 1 amide bonds. The van der Waals surface area contributed by atoms with Crippen molar-refractivity contribution in [2.45, 2.75) is 33.2 Å². The van der Waals surface area contributed by atoms with Crippen LogP contribution in [0.15, 0.2) is 46.9 Å². The van der Waals surface area contributed by atoms with E-state index >= 15 is 0 Å². The first-order valence-electron chi connectivity index (χ1n) is 10.2. The van der Waals surface area contributed by atoms with E-state index in [2.05, 4.69) is 12.1 Å². The van der Waals surface area contributed by atoms with E-state index in [1.807, 2.05) is 53.6 Å². The molecule has 0 bridgehead atoms. The molecule has 1 aliphatic rings. The number of esters is 1. The third kappa shape index (κ3) is 3.92. The second-order valence-electron chi connectivity index (χ2n) is 7.53. The van der Waals surface area contributed by atoms with Crippen molar-refractivity contribution < 1.29 is 18.7 Å². The Hall–Kier alpha value is -3.02. The van der Waals surface area contributed by atoms with Crippen molar-refractivity contribution in [3.8, 4) is 0 Å². The topological polar surface area (TPSA) is 64.7 Å². The predicted octanol–water partition coefficient (Wildman–Crippen LogP) is 4.01. The number of ether oxygens (including phenoxy) is 1. The van der Waals surface area contributed by atoms with Gasteiger partial charge in [0.1, 0.15) is 11.5 Å². The minimum atomic E-state index is -0.153. The molecular formula is C23H26N2O4. The van der Waals surface area contributed by atoms with Crippen LogP contribution in [0.3, 0.4) is 0 Å². The zero-order valence-electron chi connectivity index (χ0n) is 16.9. The van der Waals surface area contributed by atoms with Gasteiger partial charge >= 0.3 is 5.97 Å². The van der Waals surface area contributed by atoms with E-state index in [0.29, 0.717) is 44.8 Å². The fourth-order valence-corrected chi connectivity index (χ4v) is 4.02. The molecule has 0 radical (unpaired) electrons. The quantitative estimate of drug-likeness (QED) is 0.614. The maximum absolute atomic E-state index is 13.3. The minimum absolute atomic E-state index is 0.0210. The van der Waals surface area contributed by atoms with E-state index in [9.17, 15) is 9.59 Å². The fraction of sp³-hybridized carbons (Fsp3) is 0.391. The molecule has 0 spiro atoms. The molecule has 6 heteroatoms. The second kappa shape index (κ2) is 8.15. The SMILES string of the molecule is CCOC(=O)C1CCN(C(=O)c2cc3oc(C)cc3n2Cc2ccccc2)CC1. The molecule has 0 saturated carbocycles. The van der Waals surface area contributed by atoms with Crippen molar-refractivity contribution in [2.75, 3.05) is 19.7 Å². The zero-order valence-corrected chi connectivity index (χ0v) is 16.9. The first-order valence-corrected chi connectivity index (χ1v) is 10.2. The Balaban J connectivity index is 1.57. The van der Waals surface area contributed by atoms with Crippen LogP contribution in [-0.4, -0.2) is 41.0 Å². The number of aromatic nitrogens is 1. The number of piperidine rings is 1. The highest BCUT2D eigenvalue weighted by molar-refractivity contribution is 5.98. The second-order valence-corrected chi connectivity index (χ2v) is 7.53. The van der Waals surface area contributed by atoms with Gasteiger partial charge in [-0.2, -0.15) is 0 Å². The van der Waals surface area contributed by atoms with Gasteiger partial charge in [0.15, 0.2) is 5.58 Å². The number of likely N-dealkylation sites (tertiary alicyclic amines) is 1. The molecule has 4 rings (SSSR count). The maximum Gasteiger partial charge on any atom is 0.309 e. The molecule has 0 aliphatic carbocycles. The van der Waals surface area contributed by atoms with E-state index in [4.69, 9.17) is 9.15 Å². The molecule has 0 atom stereocenters. The number of benzene rings is 1. The average molecular weight is 394 g/mol. The number of carbonyl (C=O) groups excluding carboxylic acids is 2. The van der Waals surface area contributed by atoms with E-state index in [1.165, 1.54) is 0 Å². The average Bonchev–Trinajstić information content (AvgIpc) is 3.25. The minimum Gasteiger partial charge on any atom is -0.466 e. The molecule has 1 fully saturated rings. The number of amides is 1. The lowest BCUT2D eigenvalue weighted by Crippen LogP contribution is -2.41. The van der Waals surface area contributed by atoms with E-state index in [1.54, 1.807) is 0 Å². The molecular weight excluding hydrogens is 368 g/mol. The Morgan fingerprint density at radius 1 is 1.14 bits per heavy atom. The number of hydrogen-bond acceptors (Lipinski definition) is 4. The number of fused-ring (bicyclic) bond motifs is 1. The summed E-state index contributed by atoms with van der Waals surface area (Å²) in [6, 6.07) is 13.9. The lowest BCUT2D eigenvalue weighted by molar-refractivity contribution is -0.149. The van der Waals surface area contributed by atoms with Crippen LogP contribution in [-0.2, 0) is 16.1 Å². The lowest BCUT2D eigenvalue weighted by Gasteiger charge is -2.31. The summed E-state index contributed by atoms with van der Waals surface area (Å²) in [6.07, 6.45) is 1.28. The molecule has 152 valence electrons. The van der Waals surface area contributed by atoms with Gasteiger partial charge in [-0.3, -0.25) is 9.59 Å². The summed E-state index contributed by atoms with van der Waals surface area (Å²) < 4.78 is 12.9. The molecule has 0 unspecified atom stereocenters. The Morgan fingerprint density at radius 2 is 1.86 bits per heavy atom. The number of rotatable bonds is 5. The molecule has 0 N–H and O–H groups in total. The van der Waals surface area contributed by atoms with Crippen molar-refractivity contribution in [2.24, 2.45) is 5.92 Å². The van der Waals surface area contributed by atoms with Gasteiger partial charge in [-0.05, 0) is 32.3 Å². The van der Waals surface area contributed by atoms with Gasteiger partial charge < -0.3 is 18.6 Å². The number of nitrogens with zero attached hydrogens (tertiary/aromatic N) is 2. The van der Waals surface area contributed by atoms with Crippen LogP contribution in [0.2, 0.25) is 0 Å². The van der Waals surface area contributed by atoms with Crippen molar-refractivity contribution >= 4 is 23.0 Å². The Morgan fingerprint density at radius 3 is 2.55 bits per heavy atom. The van der Waals surface area contributed by atoms with Crippen LogP contribution in [0.4, 0.5) is 0 Å². The van der Waals surface area contributed by atoms with Crippen LogP contribution in [0.1, 0.15) is 41.6 Å². The number of aryl methyl sites for hydroxylation is 1. The number of hydrogen-bond donors (Lipinski definition) is 0. The van der Waals surface area contributed by atoms with Gasteiger partial charge in [-0.15, -0.1) is 0 Å². The van der Waals surface area contributed by atoms with Crippen molar-refractivity contribution in [1.29, 1.82) is 0 Å². The van der Waals surface area contributed by atoms with Crippen LogP contribution in [0.25, 0.3) is 11.1 Å². The standard InChI is InChI=1S/C23H26N2O4/c1-3-28-23(27)18-9-11-24(12-10-18)22(26)20-14-21-19(13-16(2)29-21)25(20)15-17-7-5-4-6-8-17/h4-8,13-14,18H,3,9-12,15H2,1-2H3. The summed E-state index contributed by atoms with van der Waals surface area (Å²) in [7, 11) is 0. The van der Waals surface area contributed by atoms with Crippen LogP contribution >= 0.6 is 0 Å². The molecule has 2 aromatic heterocycles. The van der Waals surface area contributed by atoms with Gasteiger partial charge in [0.25, 0.3) is 5.91 Å². The third-order valence-electron chi connectivity index (χ3n) is 5.52. The monoisotopic (exact) mass is 394 g/mol. The summed E-state index contributed by atoms with van der Waals surface area (Å²) in [5.41, 5.74) is 3.40. The third-order valence-corrected chi connectivity index (χ3v) is 5.52. The molecule has 1 aromatic carbocycles. The van der Waals surface area contributed by atoms with Gasteiger partial charge in [-0.1, -0.05) is 30.3 Å². The van der Waals surface area contributed by atoms with Gasteiger partial charge in [0.2, 0.25) is 0 Å². The first kappa shape index (κ1) is 19.3. The normalized spacial score (nSPS) is 15.0. The van der Waals surface area contributed by atoms with Crippen molar-refractivity contribution in [3.63, 3.8) is 0 Å². The molecule has 1 saturated heterocycles. The Kier molecular flexibility index (Phi) is 5.43. The van der Waals surface area contributed by atoms with E-state index in [-0.39, 0.29) is 17.8 Å². The first-order chi connectivity index (χ1) is 14.1. The van der Waals surface area contributed by atoms with Gasteiger partial charge in [0.05, 0.1) is 18.0 Å². The van der Waals surface area contributed by atoms with E-state index < -0.39 is 0 Å². The van der Waals surface area contributed by atoms with E-state index in [0.717, 1.165) is 22.4 Å². The maximum atomic E-state index is 13.3. The van der Waals surface area contributed by atoms with Crippen molar-refractivity contribution in [3.05, 3.63) is 59.5 Å². The fourth-order valence-electron chi connectivity index (χ4n) is 4.02. The summed E-state index contributed by atoms with van der Waals surface area (Å²) in [5, 5.41) is 0. The van der Waals surface area contributed by atoms with Crippen LogP contribution < -0.4 is 0 Å².